The lowest BCUT2D eigenvalue weighted by Crippen LogP contribution is -2.42. The van der Waals surface area contributed by atoms with Crippen molar-refractivity contribution in [3.8, 4) is 0 Å². The molecule has 0 spiro atoms. The number of hydrogen-bond donors (Lipinski definition) is 0. The van der Waals surface area contributed by atoms with Gasteiger partial charge < -0.3 is 8.85 Å². The van der Waals surface area contributed by atoms with Gasteiger partial charge in [0.15, 0.2) is 0 Å². The summed E-state index contributed by atoms with van der Waals surface area (Å²) in [7, 11) is -1.92. The van der Waals surface area contributed by atoms with Crippen LogP contribution in [0, 0.1) is 5.92 Å². The van der Waals surface area contributed by atoms with E-state index in [2.05, 4.69) is 34.6 Å². The quantitative estimate of drug-likeness (QED) is 0.207. The molecule has 0 heterocycles. The van der Waals surface area contributed by atoms with Gasteiger partial charge in [0.25, 0.3) is 0 Å². The van der Waals surface area contributed by atoms with Crippen LogP contribution < -0.4 is 0 Å². The van der Waals surface area contributed by atoms with Crippen molar-refractivity contribution < 1.29 is 8.85 Å². The van der Waals surface area contributed by atoms with Crippen molar-refractivity contribution in [1.29, 1.82) is 0 Å². The Bertz CT molecular complexity index is 238. The first kappa shape index (κ1) is 23.1. The Morgan fingerprint density at radius 1 is 0.652 bits per heavy atom. The maximum atomic E-state index is 6.36. The molecule has 0 rings (SSSR count). The molecule has 140 valence electrons. The van der Waals surface area contributed by atoms with Crippen LogP contribution in [0.4, 0.5) is 0 Å². The molecule has 0 aliphatic carbocycles. The van der Waals surface area contributed by atoms with Crippen LogP contribution in [0.3, 0.4) is 0 Å². The maximum Gasteiger partial charge on any atom is 0.337 e. The topological polar surface area (TPSA) is 18.5 Å². The predicted molar refractivity (Wildman–Crippen MR) is 105 cm³/mol. The van der Waals surface area contributed by atoms with Crippen LogP contribution in [0.5, 0.6) is 0 Å². The highest BCUT2D eigenvalue weighted by Gasteiger charge is 2.33. The van der Waals surface area contributed by atoms with E-state index < -0.39 is 8.56 Å². The molecular weight excluding hydrogens is 300 g/mol. The molecule has 0 aromatic carbocycles. The Kier molecular flexibility index (Phi) is 15.7. The second kappa shape index (κ2) is 15.7. The average molecular weight is 345 g/mol. The highest BCUT2D eigenvalue weighted by Crippen LogP contribution is 2.22. The summed E-state index contributed by atoms with van der Waals surface area (Å²) in [6.45, 7) is 13.1. The van der Waals surface area contributed by atoms with Crippen LogP contribution >= 0.6 is 0 Å². The molecule has 0 unspecified atom stereocenters. The van der Waals surface area contributed by atoms with Crippen LogP contribution in [-0.4, -0.2) is 21.8 Å². The second-order valence-electron chi connectivity index (χ2n) is 6.93. The molecule has 0 atom stereocenters. The number of unbranched alkanes of at least 4 members (excludes halogenated alkanes) is 7. The molecular formula is C20H44O2Si. The molecule has 0 aliphatic rings. The van der Waals surface area contributed by atoms with E-state index in [0.29, 0.717) is 5.92 Å². The van der Waals surface area contributed by atoms with Gasteiger partial charge in [-0.25, -0.2) is 0 Å². The molecule has 0 aromatic rings. The third-order valence-electron chi connectivity index (χ3n) is 5.18. The highest BCUT2D eigenvalue weighted by atomic mass is 28.4. The van der Waals surface area contributed by atoms with Gasteiger partial charge >= 0.3 is 8.56 Å². The van der Waals surface area contributed by atoms with Crippen molar-refractivity contribution >= 4 is 8.56 Å². The SMILES string of the molecule is CCCCCCCCCCO[Si](CC)(CC)OCC(CC)CC. The lowest BCUT2D eigenvalue weighted by molar-refractivity contribution is 0.140. The lowest BCUT2D eigenvalue weighted by atomic mass is 10.1. The fourth-order valence-electron chi connectivity index (χ4n) is 2.99. The van der Waals surface area contributed by atoms with E-state index >= 15 is 0 Å². The fourth-order valence-corrected chi connectivity index (χ4v) is 5.44. The van der Waals surface area contributed by atoms with E-state index in [0.717, 1.165) is 25.3 Å². The molecule has 0 radical (unpaired) electrons. The molecule has 0 bridgehead atoms. The molecule has 0 amide bonds. The first-order valence-electron chi connectivity index (χ1n) is 10.5. The van der Waals surface area contributed by atoms with Gasteiger partial charge in [-0.15, -0.1) is 0 Å². The van der Waals surface area contributed by atoms with Crippen molar-refractivity contribution in [3.63, 3.8) is 0 Å². The van der Waals surface area contributed by atoms with Gasteiger partial charge in [-0.05, 0) is 24.4 Å². The van der Waals surface area contributed by atoms with E-state index in [-0.39, 0.29) is 0 Å². The van der Waals surface area contributed by atoms with Gasteiger partial charge in [0, 0.05) is 13.2 Å². The first-order valence-corrected chi connectivity index (χ1v) is 12.7. The largest absolute Gasteiger partial charge is 0.394 e. The highest BCUT2D eigenvalue weighted by molar-refractivity contribution is 6.67. The summed E-state index contributed by atoms with van der Waals surface area (Å²) in [6.07, 6.45) is 13.3. The van der Waals surface area contributed by atoms with Crippen LogP contribution in [-0.2, 0) is 8.85 Å². The first-order chi connectivity index (χ1) is 11.2. The van der Waals surface area contributed by atoms with Crippen molar-refractivity contribution in [3.05, 3.63) is 0 Å². The van der Waals surface area contributed by atoms with E-state index in [4.69, 9.17) is 8.85 Å². The lowest BCUT2D eigenvalue weighted by Gasteiger charge is -2.30. The Balaban J connectivity index is 3.86. The van der Waals surface area contributed by atoms with Gasteiger partial charge in [-0.1, -0.05) is 92.4 Å². The standard InChI is InChI=1S/C20H44O2Si/c1-6-11-12-13-14-15-16-17-18-21-23(9-4,10-5)22-19-20(7-2)8-3/h20H,6-19H2,1-5H3. The molecule has 23 heavy (non-hydrogen) atoms. The minimum absolute atomic E-state index is 0.701. The Hall–Kier alpha value is 0.137. The summed E-state index contributed by atoms with van der Waals surface area (Å²) in [5.74, 6) is 0.701. The molecule has 2 nitrogen and oxygen atoms in total. The smallest absolute Gasteiger partial charge is 0.337 e. The van der Waals surface area contributed by atoms with E-state index in [9.17, 15) is 0 Å². The Morgan fingerprint density at radius 2 is 1.17 bits per heavy atom. The third-order valence-corrected chi connectivity index (χ3v) is 8.75. The van der Waals surface area contributed by atoms with Crippen LogP contribution in [0.2, 0.25) is 12.1 Å². The molecule has 0 aromatic heterocycles. The zero-order valence-electron chi connectivity index (χ0n) is 16.8. The predicted octanol–water partition coefficient (Wildman–Crippen LogP) is 7.08. The fraction of sp³-hybridized carbons (Fsp3) is 1.00. The van der Waals surface area contributed by atoms with Crippen molar-refractivity contribution in [2.75, 3.05) is 13.2 Å². The zero-order chi connectivity index (χ0) is 17.4. The normalized spacial score (nSPS) is 12.3. The van der Waals surface area contributed by atoms with Gasteiger partial charge in [-0.3, -0.25) is 0 Å². The minimum atomic E-state index is -1.92. The van der Waals surface area contributed by atoms with E-state index in [1.165, 1.54) is 64.2 Å². The van der Waals surface area contributed by atoms with Crippen LogP contribution in [0.1, 0.15) is 98.8 Å². The third kappa shape index (κ3) is 11.3. The summed E-state index contributed by atoms with van der Waals surface area (Å²) in [6, 6.07) is 2.17. The Labute approximate surface area is 148 Å². The molecule has 0 saturated heterocycles. The van der Waals surface area contributed by atoms with Gasteiger partial charge in [0.1, 0.15) is 0 Å². The number of hydrogen-bond acceptors (Lipinski definition) is 2. The summed E-state index contributed by atoms with van der Waals surface area (Å²) in [4.78, 5) is 0. The van der Waals surface area contributed by atoms with Crippen molar-refractivity contribution in [2.45, 2.75) is 111 Å². The van der Waals surface area contributed by atoms with Crippen LogP contribution in [0.25, 0.3) is 0 Å². The molecule has 0 fully saturated rings. The Morgan fingerprint density at radius 3 is 1.65 bits per heavy atom. The summed E-state index contributed by atoms with van der Waals surface area (Å²) in [5.41, 5.74) is 0. The molecule has 0 aliphatic heterocycles. The average Bonchev–Trinajstić information content (AvgIpc) is 2.59. The van der Waals surface area contributed by atoms with Gasteiger partial charge in [0.05, 0.1) is 0 Å². The van der Waals surface area contributed by atoms with Crippen molar-refractivity contribution in [2.24, 2.45) is 5.92 Å². The molecule has 3 heteroatoms. The van der Waals surface area contributed by atoms with E-state index in [1.54, 1.807) is 0 Å². The second-order valence-corrected chi connectivity index (χ2v) is 10.7. The minimum Gasteiger partial charge on any atom is -0.394 e. The van der Waals surface area contributed by atoms with Crippen molar-refractivity contribution in [1.82, 2.24) is 0 Å². The maximum absolute atomic E-state index is 6.36. The summed E-state index contributed by atoms with van der Waals surface area (Å²) < 4.78 is 12.7. The van der Waals surface area contributed by atoms with Gasteiger partial charge in [-0.2, -0.15) is 0 Å². The monoisotopic (exact) mass is 344 g/mol. The molecule has 0 saturated carbocycles. The van der Waals surface area contributed by atoms with E-state index in [1.807, 2.05) is 0 Å². The zero-order valence-corrected chi connectivity index (χ0v) is 17.8. The molecule has 0 N–H and O–H groups in total. The summed E-state index contributed by atoms with van der Waals surface area (Å²) in [5, 5.41) is 0. The van der Waals surface area contributed by atoms with Crippen LogP contribution in [0.15, 0.2) is 0 Å². The van der Waals surface area contributed by atoms with Gasteiger partial charge in [0.2, 0.25) is 0 Å². The number of rotatable bonds is 17. The summed E-state index contributed by atoms with van der Waals surface area (Å²) >= 11 is 0.